The number of halogens is 1. The molecule has 0 amide bonds. The Labute approximate surface area is 61.2 Å². The first-order valence-corrected chi connectivity index (χ1v) is 3.87. The van der Waals surface area contributed by atoms with Gasteiger partial charge in [0.05, 0.1) is 5.04 Å². The van der Waals surface area contributed by atoms with Crippen molar-refractivity contribution in [2.75, 3.05) is 0 Å². The van der Waals surface area contributed by atoms with E-state index >= 15 is 0 Å². The molecule has 0 fully saturated rings. The highest BCUT2D eigenvalue weighted by molar-refractivity contribution is 14.1. The highest BCUT2D eigenvalue weighted by Crippen LogP contribution is 2.03. The van der Waals surface area contributed by atoms with Crippen LogP contribution in [0.4, 0.5) is 0 Å². The molecule has 0 bridgehead atoms. The van der Waals surface area contributed by atoms with Crippen LogP contribution >= 0.6 is 34.4 Å². The van der Waals surface area contributed by atoms with Crippen LogP contribution in [0.2, 0.25) is 0 Å². The first-order valence-electron chi connectivity index (χ1n) is 1.74. The Kier molecular flexibility index (Phi) is 4.97. The molecule has 0 unspecified atom stereocenters. The zero-order valence-electron chi connectivity index (χ0n) is 3.94. The zero-order valence-corrected chi connectivity index (χ0v) is 6.91. The third-order valence-electron chi connectivity index (χ3n) is 0.296. The van der Waals surface area contributed by atoms with Crippen molar-refractivity contribution >= 4 is 39.4 Å². The van der Waals surface area contributed by atoms with Crippen LogP contribution in [0.5, 0.6) is 0 Å². The molecule has 0 aliphatic carbocycles. The summed E-state index contributed by atoms with van der Waals surface area (Å²) in [5.74, 6) is 0. The second-order valence-electron chi connectivity index (χ2n) is 0.936. The molecule has 7 heavy (non-hydrogen) atoms. The molecule has 0 aromatic heterocycles. The van der Waals surface area contributed by atoms with Crippen LogP contribution in [0.1, 0.15) is 6.92 Å². The lowest BCUT2D eigenvalue weighted by molar-refractivity contribution is 1.54. The molecule has 3 heteroatoms. The Hall–Kier alpha value is 0.490. The number of hydrogen-bond donors (Lipinski definition) is 1. The lowest BCUT2D eigenvalue weighted by atomic mass is 10.9. The molecule has 0 aromatic rings. The SMILES string of the molecule is CC(=N)S/C=C\I. The largest absolute Gasteiger partial charge is 0.298 e. The van der Waals surface area contributed by atoms with E-state index in [-0.39, 0.29) is 0 Å². The van der Waals surface area contributed by atoms with Gasteiger partial charge in [0, 0.05) is 0 Å². The van der Waals surface area contributed by atoms with E-state index in [1.165, 1.54) is 11.8 Å². The molecule has 0 aliphatic heterocycles. The summed E-state index contributed by atoms with van der Waals surface area (Å²) >= 11 is 3.55. The van der Waals surface area contributed by atoms with Crippen molar-refractivity contribution in [3.63, 3.8) is 0 Å². The predicted molar refractivity (Wildman–Crippen MR) is 44.2 cm³/mol. The van der Waals surface area contributed by atoms with E-state index in [4.69, 9.17) is 5.41 Å². The van der Waals surface area contributed by atoms with Gasteiger partial charge in [-0.1, -0.05) is 34.4 Å². The average Bonchev–Trinajstić information content (AvgIpc) is 1.61. The zero-order chi connectivity index (χ0) is 5.70. The molecule has 0 saturated heterocycles. The Morgan fingerprint density at radius 3 is 2.57 bits per heavy atom. The van der Waals surface area contributed by atoms with E-state index in [9.17, 15) is 0 Å². The maximum Gasteiger partial charge on any atom is 0.0652 e. The van der Waals surface area contributed by atoms with E-state index in [0.29, 0.717) is 5.04 Å². The maximum absolute atomic E-state index is 6.91. The minimum absolute atomic E-state index is 0.632. The number of thioether (sulfide) groups is 1. The minimum Gasteiger partial charge on any atom is -0.298 e. The summed E-state index contributed by atoms with van der Waals surface area (Å²) in [5.41, 5.74) is 0. The second kappa shape index (κ2) is 4.64. The first-order chi connectivity index (χ1) is 3.27. The van der Waals surface area contributed by atoms with E-state index in [2.05, 4.69) is 22.6 Å². The molecule has 0 saturated carbocycles. The number of hydrogen-bond acceptors (Lipinski definition) is 2. The molecule has 0 aliphatic rings. The number of rotatable bonds is 1. The number of nitrogens with one attached hydrogen (secondary N) is 1. The Balaban J connectivity index is 3.14. The Morgan fingerprint density at radius 1 is 1.86 bits per heavy atom. The molecule has 40 valence electrons. The average molecular weight is 227 g/mol. The van der Waals surface area contributed by atoms with Gasteiger partial charge in [-0.25, -0.2) is 0 Å². The molecular formula is C4H6INS. The molecule has 0 rings (SSSR count). The lowest BCUT2D eigenvalue weighted by Crippen LogP contribution is -1.70. The van der Waals surface area contributed by atoms with Gasteiger partial charge < -0.3 is 0 Å². The summed E-state index contributed by atoms with van der Waals surface area (Å²) in [6.45, 7) is 1.77. The van der Waals surface area contributed by atoms with Crippen LogP contribution in [0.15, 0.2) is 9.49 Å². The third-order valence-corrected chi connectivity index (χ3v) is 1.77. The van der Waals surface area contributed by atoms with Crippen molar-refractivity contribution in [3.8, 4) is 0 Å². The van der Waals surface area contributed by atoms with Gasteiger partial charge in [0.25, 0.3) is 0 Å². The van der Waals surface area contributed by atoms with Crippen LogP contribution in [0.3, 0.4) is 0 Å². The van der Waals surface area contributed by atoms with Crippen molar-refractivity contribution in [3.05, 3.63) is 9.49 Å². The van der Waals surface area contributed by atoms with Gasteiger partial charge in [0.2, 0.25) is 0 Å². The van der Waals surface area contributed by atoms with Gasteiger partial charge in [-0.05, 0) is 16.4 Å². The Bertz CT molecular complexity index is 89.7. The third kappa shape index (κ3) is 6.49. The van der Waals surface area contributed by atoms with Gasteiger partial charge in [0.1, 0.15) is 0 Å². The summed E-state index contributed by atoms with van der Waals surface area (Å²) in [5, 5.41) is 9.42. The van der Waals surface area contributed by atoms with Crippen LogP contribution in [0.25, 0.3) is 0 Å². The van der Waals surface area contributed by atoms with Gasteiger partial charge >= 0.3 is 0 Å². The second-order valence-corrected chi connectivity index (χ2v) is 2.78. The monoisotopic (exact) mass is 227 g/mol. The van der Waals surface area contributed by atoms with Gasteiger partial charge in [-0.15, -0.1) is 0 Å². The van der Waals surface area contributed by atoms with Gasteiger partial charge in [0.15, 0.2) is 0 Å². The van der Waals surface area contributed by atoms with E-state index in [0.717, 1.165) is 0 Å². The summed E-state index contributed by atoms with van der Waals surface area (Å²) in [4.78, 5) is 0. The van der Waals surface area contributed by atoms with Gasteiger partial charge in [-0.2, -0.15) is 0 Å². The van der Waals surface area contributed by atoms with Crippen molar-refractivity contribution < 1.29 is 0 Å². The lowest BCUT2D eigenvalue weighted by Gasteiger charge is -1.81. The summed E-state index contributed by atoms with van der Waals surface area (Å²) in [7, 11) is 0. The van der Waals surface area contributed by atoms with Crippen LogP contribution in [-0.4, -0.2) is 5.04 Å². The topological polar surface area (TPSA) is 23.9 Å². The fourth-order valence-corrected chi connectivity index (χ4v) is 0.824. The summed E-state index contributed by atoms with van der Waals surface area (Å²) in [6.07, 6.45) is 0. The van der Waals surface area contributed by atoms with Crippen LogP contribution in [-0.2, 0) is 0 Å². The maximum atomic E-state index is 6.91. The highest BCUT2D eigenvalue weighted by Gasteiger charge is 1.77. The van der Waals surface area contributed by atoms with Crippen molar-refractivity contribution in [1.29, 1.82) is 5.41 Å². The van der Waals surface area contributed by atoms with Crippen molar-refractivity contribution in [2.24, 2.45) is 0 Å². The van der Waals surface area contributed by atoms with Crippen LogP contribution in [0, 0.1) is 5.41 Å². The Morgan fingerprint density at radius 2 is 2.43 bits per heavy atom. The fraction of sp³-hybridized carbons (Fsp3) is 0.250. The van der Waals surface area contributed by atoms with Crippen molar-refractivity contribution in [1.82, 2.24) is 0 Å². The van der Waals surface area contributed by atoms with Crippen molar-refractivity contribution in [2.45, 2.75) is 6.92 Å². The minimum atomic E-state index is 0.632. The molecular weight excluding hydrogens is 221 g/mol. The normalized spacial score (nSPS) is 10.0. The summed E-state index contributed by atoms with van der Waals surface area (Å²) in [6, 6.07) is 0. The summed E-state index contributed by atoms with van der Waals surface area (Å²) < 4.78 is 1.89. The molecule has 0 atom stereocenters. The molecule has 0 heterocycles. The van der Waals surface area contributed by atoms with Gasteiger partial charge in [-0.3, -0.25) is 5.41 Å². The molecule has 0 spiro atoms. The standard InChI is InChI=1S/C4H6INS/c1-4(6)7-3-2-5/h2-3,6H,1H3/b3-2-,6-4?. The van der Waals surface area contributed by atoms with Crippen LogP contribution < -0.4 is 0 Å². The predicted octanol–water partition coefficient (Wildman–Crippen LogP) is 2.62. The quantitative estimate of drug-likeness (QED) is 0.415. The fourth-order valence-electron chi connectivity index (χ4n) is 0.128. The van der Waals surface area contributed by atoms with E-state index in [1.807, 2.05) is 9.49 Å². The highest BCUT2D eigenvalue weighted by atomic mass is 127. The smallest absolute Gasteiger partial charge is 0.0652 e. The molecule has 1 nitrogen and oxygen atoms in total. The molecule has 1 N–H and O–H groups in total. The first kappa shape index (κ1) is 7.49. The molecule has 0 aromatic carbocycles. The molecule has 0 radical (unpaired) electrons. The van der Waals surface area contributed by atoms with E-state index < -0.39 is 0 Å². The van der Waals surface area contributed by atoms with E-state index in [1.54, 1.807) is 6.92 Å².